The van der Waals surface area contributed by atoms with E-state index in [4.69, 9.17) is 19.2 Å². The van der Waals surface area contributed by atoms with E-state index in [1.165, 1.54) is 0 Å². The van der Waals surface area contributed by atoms with Gasteiger partial charge < -0.3 is 24.5 Å². The zero-order valence-corrected chi connectivity index (χ0v) is 21.4. The second-order valence-electron chi connectivity index (χ2n) is 9.90. The number of aromatic nitrogens is 3. The number of hydrogen-bond acceptors (Lipinski definition) is 6. The third-order valence-electron chi connectivity index (χ3n) is 6.54. The summed E-state index contributed by atoms with van der Waals surface area (Å²) in [5, 5.41) is 3.91. The van der Waals surface area contributed by atoms with Crippen LogP contribution in [-0.2, 0) is 9.47 Å². The molecule has 6 rings (SSSR count). The second kappa shape index (κ2) is 9.55. The van der Waals surface area contributed by atoms with Gasteiger partial charge in [0.15, 0.2) is 5.79 Å². The summed E-state index contributed by atoms with van der Waals surface area (Å²) >= 11 is 0. The molecule has 2 aromatic heterocycles. The number of H-pyrrole nitrogens is 1. The molecule has 1 amide bonds. The Morgan fingerprint density at radius 1 is 1.05 bits per heavy atom. The highest BCUT2D eigenvalue weighted by Crippen LogP contribution is 2.28. The van der Waals surface area contributed by atoms with Crippen LogP contribution in [0.5, 0.6) is 5.75 Å². The molecule has 0 bridgehead atoms. The first-order valence-electron chi connectivity index (χ1n) is 12.6. The minimum atomic E-state index is -0.567. The maximum atomic E-state index is 12.9. The molecular weight excluding hydrogens is 480 g/mol. The molecule has 192 valence electrons. The summed E-state index contributed by atoms with van der Waals surface area (Å²) in [6, 6.07) is 22.8. The van der Waals surface area contributed by atoms with Gasteiger partial charge in [0.1, 0.15) is 30.1 Å². The molecule has 3 heterocycles. The van der Waals surface area contributed by atoms with Gasteiger partial charge in [0, 0.05) is 16.5 Å². The molecule has 2 N–H and O–H groups in total. The van der Waals surface area contributed by atoms with Crippen LogP contribution in [0.4, 0.5) is 5.82 Å². The fourth-order valence-electron chi connectivity index (χ4n) is 4.63. The quantitative estimate of drug-likeness (QED) is 0.298. The molecule has 8 nitrogen and oxygen atoms in total. The number of nitrogens with zero attached hydrogens (tertiary/aromatic N) is 2. The van der Waals surface area contributed by atoms with Crippen molar-refractivity contribution >= 4 is 33.7 Å². The van der Waals surface area contributed by atoms with Crippen LogP contribution >= 0.6 is 0 Å². The highest BCUT2D eigenvalue weighted by Gasteiger charge is 2.33. The van der Waals surface area contributed by atoms with Crippen LogP contribution in [0.3, 0.4) is 0 Å². The predicted molar refractivity (Wildman–Crippen MR) is 146 cm³/mol. The van der Waals surface area contributed by atoms with Crippen LogP contribution in [0.15, 0.2) is 72.8 Å². The van der Waals surface area contributed by atoms with E-state index >= 15 is 0 Å². The van der Waals surface area contributed by atoms with Crippen LogP contribution in [0.25, 0.3) is 33.3 Å². The molecular formula is C30H28N4O4. The van der Waals surface area contributed by atoms with Crippen LogP contribution in [0.1, 0.15) is 29.8 Å². The monoisotopic (exact) mass is 508 g/mol. The van der Waals surface area contributed by atoms with Crippen molar-refractivity contribution in [3.05, 3.63) is 83.9 Å². The average Bonchev–Trinajstić information content (AvgIpc) is 3.49. The first-order chi connectivity index (χ1) is 18.3. The zero-order chi connectivity index (χ0) is 26.3. The molecule has 0 saturated carbocycles. The molecule has 8 heteroatoms. The van der Waals surface area contributed by atoms with Gasteiger partial charge in [-0.1, -0.05) is 18.2 Å². The van der Waals surface area contributed by atoms with Crippen molar-refractivity contribution < 1.29 is 19.0 Å². The standard InChI is InChI=1S/C30H28N4O4/c1-18-14-21(36-16-22-17-37-30(2,3)38-22)10-11-23(18)28-32-25-12-8-20(15-26(25)33-28)29(35)34-27-13-9-19-6-4-5-7-24(19)31-27/h4-15,22H,16-17H2,1-3H3,(H,32,33)(H,31,34,35)/t22-/m1/s1. The smallest absolute Gasteiger partial charge is 0.256 e. The summed E-state index contributed by atoms with van der Waals surface area (Å²) in [5.41, 5.74) is 4.88. The number of carbonyl (C=O) groups is 1. The maximum Gasteiger partial charge on any atom is 0.256 e. The Morgan fingerprint density at radius 3 is 2.74 bits per heavy atom. The summed E-state index contributed by atoms with van der Waals surface area (Å²) in [6.45, 7) is 6.75. The van der Waals surface area contributed by atoms with E-state index in [1.54, 1.807) is 18.2 Å². The fraction of sp³-hybridized carbons (Fsp3) is 0.233. The number of aryl methyl sites for hydroxylation is 1. The zero-order valence-electron chi connectivity index (χ0n) is 21.4. The van der Waals surface area contributed by atoms with E-state index in [2.05, 4.69) is 15.3 Å². The molecule has 5 aromatic rings. The number of benzene rings is 3. The van der Waals surface area contributed by atoms with Crippen molar-refractivity contribution in [1.29, 1.82) is 0 Å². The lowest BCUT2D eigenvalue weighted by molar-refractivity contribution is -0.141. The van der Waals surface area contributed by atoms with Gasteiger partial charge in [-0.3, -0.25) is 4.79 Å². The van der Waals surface area contributed by atoms with Gasteiger partial charge in [-0.25, -0.2) is 9.97 Å². The number of imidazole rings is 1. The van der Waals surface area contributed by atoms with Crippen molar-refractivity contribution in [3.63, 3.8) is 0 Å². The topological polar surface area (TPSA) is 98.4 Å². The minimum Gasteiger partial charge on any atom is -0.491 e. The van der Waals surface area contributed by atoms with Gasteiger partial charge in [0.25, 0.3) is 5.91 Å². The summed E-state index contributed by atoms with van der Waals surface area (Å²) in [6.07, 6.45) is -0.0937. The Bertz CT molecular complexity index is 1660. The Kier molecular flexibility index (Phi) is 6.06. The number of pyridine rings is 1. The Hall–Kier alpha value is -4.27. The summed E-state index contributed by atoms with van der Waals surface area (Å²) in [5.74, 6) is 1.20. The van der Waals surface area contributed by atoms with Gasteiger partial charge in [0.05, 0.1) is 23.2 Å². The van der Waals surface area contributed by atoms with Crippen molar-refractivity contribution in [2.24, 2.45) is 0 Å². The van der Waals surface area contributed by atoms with E-state index in [1.807, 2.05) is 75.4 Å². The molecule has 1 saturated heterocycles. The lowest BCUT2D eigenvalue weighted by Gasteiger charge is -2.17. The number of rotatable bonds is 6. The number of amides is 1. The Morgan fingerprint density at radius 2 is 1.92 bits per heavy atom. The number of anilines is 1. The van der Waals surface area contributed by atoms with Crippen LogP contribution in [0, 0.1) is 6.92 Å². The SMILES string of the molecule is Cc1cc(OC[C@@H]2COC(C)(C)O2)ccc1-c1nc2ccc(C(=O)Nc3ccc4ccccc4n3)cc2[nH]1. The van der Waals surface area contributed by atoms with E-state index in [0.29, 0.717) is 24.6 Å². The van der Waals surface area contributed by atoms with Crippen molar-refractivity contribution in [1.82, 2.24) is 15.0 Å². The Labute approximate surface area is 220 Å². The van der Waals surface area contributed by atoms with Gasteiger partial charge in [0.2, 0.25) is 0 Å². The van der Waals surface area contributed by atoms with Crippen molar-refractivity contribution in [3.8, 4) is 17.1 Å². The van der Waals surface area contributed by atoms with E-state index in [-0.39, 0.29) is 12.0 Å². The number of fused-ring (bicyclic) bond motifs is 2. The van der Waals surface area contributed by atoms with Gasteiger partial charge >= 0.3 is 0 Å². The summed E-state index contributed by atoms with van der Waals surface area (Å²) < 4.78 is 17.3. The number of ether oxygens (including phenoxy) is 3. The molecule has 0 unspecified atom stereocenters. The lowest BCUT2D eigenvalue weighted by atomic mass is 10.1. The van der Waals surface area contributed by atoms with Crippen molar-refractivity contribution in [2.75, 3.05) is 18.5 Å². The largest absolute Gasteiger partial charge is 0.491 e. The number of hydrogen-bond donors (Lipinski definition) is 2. The number of nitrogens with one attached hydrogen (secondary N) is 2. The third-order valence-corrected chi connectivity index (χ3v) is 6.54. The second-order valence-corrected chi connectivity index (χ2v) is 9.90. The highest BCUT2D eigenvalue weighted by atomic mass is 16.7. The number of carbonyl (C=O) groups excluding carboxylic acids is 1. The van der Waals surface area contributed by atoms with E-state index in [0.717, 1.165) is 44.6 Å². The van der Waals surface area contributed by atoms with E-state index < -0.39 is 5.79 Å². The number of para-hydroxylation sites is 1. The van der Waals surface area contributed by atoms with Gasteiger partial charge in [-0.2, -0.15) is 0 Å². The Balaban J connectivity index is 1.17. The fourth-order valence-corrected chi connectivity index (χ4v) is 4.63. The van der Waals surface area contributed by atoms with Crippen LogP contribution in [0.2, 0.25) is 0 Å². The normalized spacial score (nSPS) is 16.7. The van der Waals surface area contributed by atoms with E-state index in [9.17, 15) is 4.79 Å². The van der Waals surface area contributed by atoms with Crippen molar-refractivity contribution in [2.45, 2.75) is 32.7 Å². The molecule has 1 aliphatic heterocycles. The van der Waals surface area contributed by atoms with Crippen LogP contribution < -0.4 is 10.1 Å². The first kappa shape index (κ1) is 24.1. The molecule has 1 aliphatic rings. The van der Waals surface area contributed by atoms with Gasteiger partial charge in [-0.05, 0) is 80.9 Å². The molecule has 3 aromatic carbocycles. The van der Waals surface area contributed by atoms with Gasteiger partial charge in [-0.15, -0.1) is 0 Å². The summed E-state index contributed by atoms with van der Waals surface area (Å²) in [7, 11) is 0. The van der Waals surface area contributed by atoms with Crippen LogP contribution in [-0.4, -0.2) is 46.0 Å². The molecule has 0 radical (unpaired) electrons. The average molecular weight is 509 g/mol. The lowest BCUT2D eigenvalue weighted by Crippen LogP contribution is -2.25. The summed E-state index contributed by atoms with van der Waals surface area (Å²) in [4.78, 5) is 25.6. The molecule has 1 fully saturated rings. The first-order valence-corrected chi connectivity index (χ1v) is 12.6. The molecule has 0 aliphatic carbocycles. The third kappa shape index (κ3) is 4.96. The predicted octanol–water partition coefficient (Wildman–Crippen LogP) is 5.87. The molecule has 0 spiro atoms. The number of aromatic amines is 1. The molecule has 38 heavy (non-hydrogen) atoms. The maximum absolute atomic E-state index is 12.9. The highest BCUT2D eigenvalue weighted by molar-refractivity contribution is 6.06. The minimum absolute atomic E-state index is 0.0937. The molecule has 1 atom stereocenters.